The Labute approximate surface area is 128 Å². The van der Waals surface area contributed by atoms with Crippen LogP contribution >= 0.6 is 0 Å². The molecule has 114 valence electrons. The molecule has 0 saturated carbocycles. The van der Waals surface area contributed by atoms with Crippen LogP contribution in [0.15, 0.2) is 30.6 Å². The van der Waals surface area contributed by atoms with Gasteiger partial charge in [0.2, 0.25) is 0 Å². The smallest absolute Gasteiger partial charge is 0.258 e. The van der Waals surface area contributed by atoms with Gasteiger partial charge >= 0.3 is 0 Å². The predicted molar refractivity (Wildman–Crippen MR) is 82.6 cm³/mol. The molecular formula is C17H18N2O3. The molecule has 1 aliphatic heterocycles. The summed E-state index contributed by atoms with van der Waals surface area (Å²) in [6, 6.07) is 5.40. The number of hydrogen-bond donors (Lipinski definition) is 2. The van der Waals surface area contributed by atoms with Crippen molar-refractivity contribution < 1.29 is 15.0 Å². The van der Waals surface area contributed by atoms with Crippen molar-refractivity contribution in [3.63, 3.8) is 0 Å². The van der Waals surface area contributed by atoms with Crippen molar-refractivity contribution >= 4 is 11.6 Å². The van der Waals surface area contributed by atoms with Crippen LogP contribution in [0.5, 0.6) is 0 Å². The average molecular weight is 298 g/mol. The predicted octanol–water partition coefficient (Wildman–Crippen LogP) is 1.58. The first-order chi connectivity index (χ1) is 10.7. The number of aromatic nitrogens is 1. The molecular weight excluding hydrogens is 280 g/mol. The molecule has 2 heterocycles. The number of amides is 1. The molecule has 0 bridgehead atoms. The van der Waals surface area contributed by atoms with Crippen LogP contribution in [0, 0.1) is 6.92 Å². The average Bonchev–Trinajstić information content (AvgIpc) is 2.55. The fourth-order valence-electron chi connectivity index (χ4n) is 2.89. The molecule has 0 radical (unpaired) electrons. The van der Waals surface area contributed by atoms with Crippen LogP contribution in [-0.2, 0) is 19.6 Å². The lowest BCUT2D eigenvalue weighted by molar-refractivity contribution is 0.0980. The van der Waals surface area contributed by atoms with E-state index in [1.807, 2.05) is 19.1 Å². The number of carbonyl (C=O) groups is 1. The summed E-state index contributed by atoms with van der Waals surface area (Å²) in [6.07, 6.45) is 4.12. The molecule has 0 atom stereocenters. The highest BCUT2D eigenvalue weighted by atomic mass is 16.3. The van der Waals surface area contributed by atoms with E-state index in [4.69, 9.17) is 0 Å². The summed E-state index contributed by atoms with van der Waals surface area (Å²) in [5.74, 6) is -0.0865. The normalized spacial score (nSPS) is 14.1. The van der Waals surface area contributed by atoms with Crippen LogP contribution in [-0.4, -0.2) is 27.6 Å². The van der Waals surface area contributed by atoms with E-state index in [9.17, 15) is 15.0 Å². The summed E-state index contributed by atoms with van der Waals surface area (Å²) < 4.78 is 0. The molecule has 1 aromatic carbocycles. The van der Waals surface area contributed by atoms with Crippen LogP contribution in [0.3, 0.4) is 0 Å². The number of anilines is 1. The van der Waals surface area contributed by atoms with Gasteiger partial charge in [0.1, 0.15) is 0 Å². The first kappa shape index (κ1) is 14.7. The lowest BCUT2D eigenvalue weighted by Crippen LogP contribution is -2.38. The number of aliphatic hydroxyl groups excluding tert-OH is 2. The van der Waals surface area contributed by atoms with Gasteiger partial charge in [0, 0.05) is 18.3 Å². The van der Waals surface area contributed by atoms with Gasteiger partial charge in [0.05, 0.1) is 25.1 Å². The van der Waals surface area contributed by atoms with Gasteiger partial charge in [-0.2, -0.15) is 0 Å². The van der Waals surface area contributed by atoms with E-state index < -0.39 is 0 Å². The lowest BCUT2D eigenvalue weighted by Gasteiger charge is -2.30. The van der Waals surface area contributed by atoms with Crippen LogP contribution < -0.4 is 4.90 Å². The van der Waals surface area contributed by atoms with Crippen molar-refractivity contribution in [2.75, 3.05) is 11.4 Å². The van der Waals surface area contributed by atoms with Crippen LogP contribution in [0.25, 0.3) is 0 Å². The van der Waals surface area contributed by atoms with E-state index >= 15 is 0 Å². The summed E-state index contributed by atoms with van der Waals surface area (Å²) in [6.45, 7) is 2.21. The van der Waals surface area contributed by atoms with Gasteiger partial charge in [-0.15, -0.1) is 0 Å². The minimum atomic E-state index is -0.192. The second-order valence-electron chi connectivity index (χ2n) is 5.46. The molecule has 0 saturated heterocycles. The van der Waals surface area contributed by atoms with Crippen molar-refractivity contribution in [3.05, 3.63) is 58.4 Å². The van der Waals surface area contributed by atoms with Gasteiger partial charge in [-0.3, -0.25) is 9.78 Å². The second-order valence-corrected chi connectivity index (χ2v) is 5.46. The third-order valence-corrected chi connectivity index (χ3v) is 4.15. The van der Waals surface area contributed by atoms with Gasteiger partial charge in [0.15, 0.2) is 0 Å². The minimum absolute atomic E-state index is 0.0865. The number of benzene rings is 1. The third-order valence-electron chi connectivity index (χ3n) is 4.15. The van der Waals surface area contributed by atoms with E-state index in [2.05, 4.69) is 4.98 Å². The highest BCUT2D eigenvalue weighted by Crippen LogP contribution is 2.28. The summed E-state index contributed by atoms with van der Waals surface area (Å²) in [4.78, 5) is 18.6. The topological polar surface area (TPSA) is 73.7 Å². The molecule has 22 heavy (non-hydrogen) atoms. The fraction of sp³-hybridized carbons (Fsp3) is 0.294. The zero-order valence-electron chi connectivity index (χ0n) is 12.4. The summed E-state index contributed by atoms with van der Waals surface area (Å²) in [5, 5.41) is 18.8. The number of rotatable bonds is 3. The number of carbonyl (C=O) groups excluding carboxylic acids is 1. The Morgan fingerprint density at radius 2 is 1.95 bits per heavy atom. The molecule has 5 heteroatoms. The SMILES string of the molecule is Cc1ccncc1N1CCc2cc(CO)c(CO)cc2C1=O. The van der Waals surface area contributed by atoms with Gasteiger partial charge in [-0.25, -0.2) is 0 Å². The minimum Gasteiger partial charge on any atom is -0.392 e. The molecule has 0 unspecified atom stereocenters. The maximum atomic E-state index is 12.8. The van der Waals surface area contributed by atoms with Crippen LogP contribution in [0.4, 0.5) is 5.69 Å². The van der Waals surface area contributed by atoms with Gasteiger partial charge in [0.25, 0.3) is 5.91 Å². The van der Waals surface area contributed by atoms with Crippen molar-refractivity contribution in [2.24, 2.45) is 0 Å². The first-order valence-electron chi connectivity index (χ1n) is 7.24. The largest absolute Gasteiger partial charge is 0.392 e. The number of aliphatic hydroxyl groups is 2. The molecule has 2 aromatic rings. The second kappa shape index (κ2) is 5.87. The Kier molecular flexibility index (Phi) is 3.92. The standard InChI is InChI=1S/C17H18N2O3/c1-11-2-4-18-8-16(11)19-5-3-12-6-13(9-20)14(10-21)7-15(12)17(19)22/h2,4,6-8,20-21H,3,5,9-10H2,1H3. The van der Waals surface area contributed by atoms with Gasteiger partial charge < -0.3 is 15.1 Å². The highest BCUT2D eigenvalue weighted by molar-refractivity contribution is 6.08. The van der Waals surface area contributed by atoms with E-state index in [-0.39, 0.29) is 19.1 Å². The molecule has 1 aromatic heterocycles. The Balaban J connectivity index is 2.04. The lowest BCUT2D eigenvalue weighted by atomic mass is 9.93. The summed E-state index contributed by atoms with van der Waals surface area (Å²) >= 11 is 0. The van der Waals surface area contributed by atoms with Crippen LogP contribution in [0.2, 0.25) is 0 Å². The number of aryl methyl sites for hydroxylation is 1. The summed E-state index contributed by atoms with van der Waals surface area (Å²) in [5.41, 5.74) is 4.61. The zero-order chi connectivity index (χ0) is 15.7. The Bertz CT molecular complexity index is 728. The first-order valence-corrected chi connectivity index (χ1v) is 7.24. The number of pyridine rings is 1. The maximum absolute atomic E-state index is 12.8. The Hall–Kier alpha value is -2.24. The van der Waals surface area contributed by atoms with E-state index in [0.717, 1.165) is 16.8 Å². The molecule has 0 aliphatic carbocycles. The molecule has 1 aliphatic rings. The van der Waals surface area contributed by atoms with Crippen molar-refractivity contribution in [3.8, 4) is 0 Å². The van der Waals surface area contributed by atoms with Crippen LogP contribution in [0.1, 0.15) is 32.6 Å². The van der Waals surface area contributed by atoms with Gasteiger partial charge in [-0.1, -0.05) is 6.07 Å². The third kappa shape index (κ3) is 2.38. The number of hydrogen-bond acceptors (Lipinski definition) is 4. The molecule has 2 N–H and O–H groups in total. The quantitative estimate of drug-likeness (QED) is 0.902. The monoisotopic (exact) mass is 298 g/mol. The summed E-state index contributed by atoms with van der Waals surface area (Å²) in [7, 11) is 0. The van der Waals surface area contributed by atoms with Crippen molar-refractivity contribution in [1.29, 1.82) is 0 Å². The van der Waals surface area contributed by atoms with Crippen molar-refractivity contribution in [2.45, 2.75) is 26.6 Å². The van der Waals surface area contributed by atoms with Gasteiger partial charge in [-0.05, 0) is 47.7 Å². The van der Waals surface area contributed by atoms with E-state index in [1.165, 1.54) is 0 Å². The Morgan fingerprint density at radius 3 is 2.64 bits per heavy atom. The molecule has 0 fully saturated rings. The highest BCUT2D eigenvalue weighted by Gasteiger charge is 2.27. The molecule has 5 nitrogen and oxygen atoms in total. The zero-order valence-corrected chi connectivity index (χ0v) is 12.4. The maximum Gasteiger partial charge on any atom is 0.258 e. The fourth-order valence-corrected chi connectivity index (χ4v) is 2.89. The Morgan fingerprint density at radius 1 is 1.23 bits per heavy atom. The van der Waals surface area contributed by atoms with E-state index in [0.29, 0.717) is 29.7 Å². The van der Waals surface area contributed by atoms with E-state index in [1.54, 1.807) is 23.4 Å². The molecule has 0 spiro atoms. The van der Waals surface area contributed by atoms with Crippen molar-refractivity contribution in [1.82, 2.24) is 4.98 Å². The number of fused-ring (bicyclic) bond motifs is 1. The molecule has 3 rings (SSSR count). The molecule has 1 amide bonds. The number of nitrogens with zero attached hydrogens (tertiary/aromatic N) is 2.